The van der Waals surface area contributed by atoms with E-state index in [0.717, 1.165) is 21.5 Å². The van der Waals surface area contributed by atoms with Gasteiger partial charge in [-0.15, -0.1) is 23.1 Å². The van der Waals surface area contributed by atoms with E-state index in [9.17, 15) is 28.8 Å². The lowest BCUT2D eigenvalue weighted by Gasteiger charge is -2.50. The second kappa shape index (κ2) is 8.78. The zero-order valence-corrected chi connectivity index (χ0v) is 17.9. The lowest BCUT2D eigenvalue weighted by molar-refractivity contribution is -0.151. The van der Waals surface area contributed by atoms with Gasteiger partial charge in [-0.1, -0.05) is 6.07 Å². The predicted molar refractivity (Wildman–Crippen MR) is 107 cm³/mol. The average molecular weight is 459 g/mol. The van der Waals surface area contributed by atoms with Crippen molar-refractivity contribution in [2.45, 2.75) is 29.3 Å². The molecular formula is C17H18N2O7S3. The zero-order valence-electron chi connectivity index (χ0n) is 15.4. The van der Waals surface area contributed by atoms with Gasteiger partial charge in [0.15, 0.2) is 10.6 Å². The molecule has 4 atom stereocenters. The van der Waals surface area contributed by atoms with Crippen molar-refractivity contribution >= 4 is 58.0 Å². The molecule has 9 nitrogen and oxygen atoms in total. The van der Waals surface area contributed by atoms with E-state index in [4.69, 9.17) is 4.74 Å². The molecule has 3 rings (SSSR count). The van der Waals surface area contributed by atoms with Crippen molar-refractivity contribution in [3.8, 4) is 0 Å². The largest absolute Gasteiger partial charge is 0.614 e. The molecule has 0 bridgehead atoms. The highest BCUT2D eigenvalue weighted by molar-refractivity contribution is 8.13. The monoisotopic (exact) mass is 458 g/mol. The third-order valence-electron chi connectivity index (χ3n) is 4.40. The summed E-state index contributed by atoms with van der Waals surface area (Å²) < 4.78 is 17.2. The minimum absolute atomic E-state index is 0.0755. The molecule has 2 N–H and O–H groups in total. The molecule has 1 aromatic heterocycles. The third kappa shape index (κ3) is 4.15. The summed E-state index contributed by atoms with van der Waals surface area (Å²) >= 11 is 0.827. The van der Waals surface area contributed by atoms with Crippen LogP contribution in [0.3, 0.4) is 0 Å². The number of ether oxygens (including phenoxy) is 1. The third-order valence-corrected chi connectivity index (χ3v) is 8.80. The number of β-lactam (4-membered cyclic amide) rings is 1. The van der Waals surface area contributed by atoms with Crippen molar-refractivity contribution in [2.75, 3.05) is 12.9 Å². The van der Waals surface area contributed by atoms with Crippen LogP contribution >= 0.6 is 23.1 Å². The van der Waals surface area contributed by atoms with Crippen LogP contribution in [0.5, 0.6) is 0 Å². The van der Waals surface area contributed by atoms with Gasteiger partial charge in [-0.3, -0.25) is 19.3 Å². The number of esters is 1. The number of hydrogen-bond donors (Lipinski definition) is 2. The molecule has 0 aromatic carbocycles. The smallest absolute Gasteiger partial charge is 0.353 e. The normalized spacial score (nSPS) is 25.9. The number of rotatable bonds is 7. The standard InChI is InChI=1S/C17H18N2O7S3/c1-8(20)26-7-10-13(16(23)24)19-14(22)12(15(19)29(25)17(10)27-2)18-11(21)6-9-4-3-5-28-9/h3-5,12,15,17H,6-7H2,1-2H3,(H,18,21)(H,23,24)/t12-,15-,17?,29?/m1/s1. The number of thiophene rings is 1. The van der Waals surface area contributed by atoms with Gasteiger partial charge in [0.2, 0.25) is 11.3 Å². The summed E-state index contributed by atoms with van der Waals surface area (Å²) in [6.07, 6.45) is 1.72. The predicted octanol–water partition coefficient (Wildman–Crippen LogP) is 0.297. The number of hydrogen-bond acceptors (Lipinski definition) is 8. The van der Waals surface area contributed by atoms with Gasteiger partial charge in [-0.2, -0.15) is 0 Å². The van der Waals surface area contributed by atoms with E-state index < -0.39 is 50.9 Å². The average Bonchev–Trinajstić information content (AvgIpc) is 3.16. The van der Waals surface area contributed by atoms with Gasteiger partial charge in [0, 0.05) is 11.8 Å². The summed E-state index contributed by atoms with van der Waals surface area (Å²) in [6.45, 7) is 0.797. The first kappa shape index (κ1) is 21.7. The quantitative estimate of drug-likeness (QED) is 0.338. The molecule has 156 valence electrons. The first-order valence-corrected chi connectivity index (χ1v) is 11.9. The van der Waals surface area contributed by atoms with Crippen LogP contribution in [0.2, 0.25) is 0 Å². The SMILES string of the molecule is CSC1C(COC(C)=O)=C(C(=O)O)N2C(=O)[C@@H](NC(=O)Cc3cccs3)[C@H]2[S+]1[O-]. The second-order valence-corrected chi connectivity index (χ2v) is 10.1. The van der Waals surface area contributed by atoms with E-state index in [1.54, 1.807) is 18.4 Å². The Bertz CT molecular complexity index is 870. The highest BCUT2D eigenvalue weighted by Gasteiger charge is 2.63. The van der Waals surface area contributed by atoms with Gasteiger partial charge in [-0.05, 0) is 28.9 Å². The molecule has 0 saturated carbocycles. The molecule has 2 aliphatic rings. The molecule has 0 spiro atoms. The van der Waals surface area contributed by atoms with E-state index in [1.165, 1.54) is 18.3 Å². The van der Waals surface area contributed by atoms with E-state index in [0.29, 0.717) is 0 Å². The van der Waals surface area contributed by atoms with Crippen LogP contribution in [-0.4, -0.2) is 67.2 Å². The first-order chi connectivity index (χ1) is 13.8. The van der Waals surface area contributed by atoms with Gasteiger partial charge in [0.05, 0.1) is 12.0 Å². The van der Waals surface area contributed by atoms with Crippen molar-refractivity contribution in [3.63, 3.8) is 0 Å². The highest BCUT2D eigenvalue weighted by Crippen LogP contribution is 2.43. The molecule has 1 fully saturated rings. The Kier molecular flexibility index (Phi) is 6.56. The highest BCUT2D eigenvalue weighted by atomic mass is 32.3. The number of carboxylic acids is 1. The van der Waals surface area contributed by atoms with Gasteiger partial charge in [-0.25, -0.2) is 4.79 Å². The number of aliphatic carboxylic acids is 1. The first-order valence-electron chi connectivity index (χ1n) is 8.43. The molecule has 1 saturated heterocycles. The summed E-state index contributed by atoms with van der Waals surface area (Å²) in [6, 6.07) is 2.52. The van der Waals surface area contributed by atoms with Gasteiger partial charge in [0.25, 0.3) is 5.91 Å². The van der Waals surface area contributed by atoms with E-state index in [-0.39, 0.29) is 24.3 Å². The lowest BCUT2D eigenvalue weighted by Crippen LogP contribution is -2.75. The molecule has 1 aromatic rings. The number of nitrogens with one attached hydrogen (secondary N) is 1. The van der Waals surface area contributed by atoms with E-state index in [1.807, 2.05) is 5.38 Å². The molecule has 0 radical (unpaired) electrons. The van der Waals surface area contributed by atoms with Crippen LogP contribution in [0, 0.1) is 0 Å². The fourth-order valence-corrected chi connectivity index (χ4v) is 7.05. The maximum Gasteiger partial charge on any atom is 0.353 e. The van der Waals surface area contributed by atoms with Crippen molar-refractivity contribution in [1.29, 1.82) is 0 Å². The van der Waals surface area contributed by atoms with Gasteiger partial charge >= 0.3 is 11.9 Å². The molecule has 12 heteroatoms. The summed E-state index contributed by atoms with van der Waals surface area (Å²) in [5.41, 5.74) is -0.240. The van der Waals surface area contributed by atoms with Crippen molar-refractivity contribution < 1.29 is 33.6 Å². The molecule has 2 amide bonds. The molecule has 3 heterocycles. The Morgan fingerprint density at radius 1 is 1.45 bits per heavy atom. The Morgan fingerprint density at radius 3 is 2.72 bits per heavy atom. The number of thioether (sulfide) groups is 1. The van der Waals surface area contributed by atoms with Crippen LogP contribution in [0.25, 0.3) is 0 Å². The van der Waals surface area contributed by atoms with Gasteiger partial charge in [0.1, 0.15) is 12.3 Å². The summed E-state index contributed by atoms with van der Waals surface area (Å²) in [7, 11) is 0. The number of carbonyl (C=O) groups is 4. The molecule has 0 aliphatic carbocycles. The number of nitrogens with zero attached hydrogens (tertiary/aromatic N) is 1. The maximum absolute atomic E-state index is 13.1. The summed E-state index contributed by atoms with van der Waals surface area (Å²) in [5.74, 6) is -3.07. The lowest BCUT2D eigenvalue weighted by atomic mass is 10.0. The maximum atomic E-state index is 13.1. The van der Waals surface area contributed by atoms with Crippen LogP contribution in [0.1, 0.15) is 11.8 Å². The fourth-order valence-electron chi connectivity index (χ4n) is 3.19. The molecule has 2 aliphatic heterocycles. The molecule has 2 unspecified atom stereocenters. The summed E-state index contributed by atoms with van der Waals surface area (Å²) in [4.78, 5) is 49.7. The van der Waals surface area contributed by atoms with Crippen LogP contribution in [0.15, 0.2) is 28.8 Å². The Hall–Kier alpha value is -2.02. The summed E-state index contributed by atoms with van der Waals surface area (Å²) in [5, 5.41) is 13.1. The minimum Gasteiger partial charge on any atom is -0.614 e. The van der Waals surface area contributed by atoms with Crippen molar-refractivity contribution in [2.24, 2.45) is 0 Å². The van der Waals surface area contributed by atoms with Crippen LogP contribution in [0.4, 0.5) is 0 Å². The Labute approximate surface area is 177 Å². The van der Waals surface area contributed by atoms with Gasteiger partial charge < -0.3 is 19.7 Å². The number of fused-ring (bicyclic) bond motifs is 1. The van der Waals surface area contributed by atoms with E-state index in [2.05, 4.69) is 5.32 Å². The second-order valence-electron chi connectivity index (χ2n) is 6.26. The fraction of sp³-hybridized carbons (Fsp3) is 0.412. The van der Waals surface area contributed by atoms with Crippen molar-refractivity contribution in [1.82, 2.24) is 10.2 Å². The molecule has 29 heavy (non-hydrogen) atoms. The van der Waals surface area contributed by atoms with Crippen LogP contribution < -0.4 is 5.32 Å². The number of amides is 2. The Morgan fingerprint density at radius 2 is 2.17 bits per heavy atom. The Balaban J connectivity index is 1.85. The number of carbonyl (C=O) groups excluding carboxylic acids is 3. The van der Waals surface area contributed by atoms with Crippen LogP contribution in [-0.2, 0) is 41.5 Å². The zero-order chi connectivity index (χ0) is 21.3. The van der Waals surface area contributed by atoms with Crippen molar-refractivity contribution in [3.05, 3.63) is 33.7 Å². The number of carboxylic acid groups (broad SMARTS) is 1. The topological polar surface area (TPSA) is 136 Å². The molecular weight excluding hydrogens is 440 g/mol. The minimum atomic E-state index is -1.71. The van der Waals surface area contributed by atoms with E-state index >= 15 is 0 Å².